The molecule has 1 heterocycles. The second-order valence-corrected chi connectivity index (χ2v) is 7.15. The molecule has 0 saturated heterocycles. The summed E-state index contributed by atoms with van der Waals surface area (Å²) in [7, 11) is 1.29. The first-order valence-electron chi connectivity index (χ1n) is 9.79. The van der Waals surface area contributed by atoms with Gasteiger partial charge in [-0.1, -0.05) is 36.4 Å². The lowest BCUT2D eigenvalue weighted by atomic mass is 10.0. The van der Waals surface area contributed by atoms with E-state index >= 15 is 0 Å². The molecule has 0 radical (unpaired) electrons. The SMILES string of the molecule is CN(C(=O)c1c(N)c(-c2ccc(F)cc2F)nc2ccccc12)N(C(=O)O)c1ccccc1. The molecular formula is C24H18F2N4O3. The quantitative estimate of drug-likeness (QED) is 0.433. The smallest absolute Gasteiger partial charge is 0.431 e. The molecule has 0 aliphatic carbocycles. The number of benzene rings is 3. The summed E-state index contributed by atoms with van der Waals surface area (Å²) in [6.45, 7) is 0. The van der Waals surface area contributed by atoms with E-state index in [4.69, 9.17) is 5.73 Å². The average Bonchev–Trinajstić information content (AvgIpc) is 2.79. The summed E-state index contributed by atoms with van der Waals surface area (Å²) in [5.74, 6) is -2.42. The number of para-hydroxylation sites is 2. The Morgan fingerprint density at radius 3 is 2.30 bits per heavy atom. The Hall–Kier alpha value is -4.53. The third kappa shape index (κ3) is 3.91. The van der Waals surface area contributed by atoms with Gasteiger partial charge in [0, 0.05) is 24.1 Å². The number of nitrogen functional groups attached to an aromatic ring is 1. The number of amides is 2. The third-order valence-corrected chi connectivity index (χ3v) is 5.11. The highest BCUT2D eigenvalue weighted by Crippen LogP contribution is 2.35. The lowest BCUT2D eigenvalue weighted by Crippen LogP contribution is -2.47. The average molecular weight is 448 g/mol. The molecule has 1 aromatic heterocycles. The van der Waals surface area contributed by atoms with Crippen LogP contribution in [0.4, 0.5) is 25.0 Å². The molecule has 0 spiro atoms. The first kappa shape index (κ1) is 21.7. The van der Waals surface area contributed by atoms with Crippen molar-refractivity contribution >= 4 is 34.3 Å². The van der Waals surface area contributed by atoms with Gasteiger partial charge in [-0.15, -0.1) is 0 Å². The van der Waals surface area contributed by atoms with Gasteiger partial charge in [0.15, 0.2) is 0 Å². The van der Waals surface area contributed by atoms with Crippen LogP contribution in [0.15, 0.2) is 72.8 Å². The summed E-state index contributed by atoms with van der Waals surface area (Å²) in [6.07, 6.45) is -1.39. The third-order valence-electron chi connectivity index (χ3n) is 5.11. The number of carbonyl (C=O) groups is 2. The summed E-state index contributed by atoms with van der Waals surface area (Å²) in [6, 6.07) is 17.6. The van der Waals surface area contributed by atoms with Gasteiger partial charge in [0.25, 0.3) is 5.91 Å². The van der Waals surface area contributed by atoms with Gasteiger partial charge in [0.2, 0.25) is 0 Å². The minimum absolute atomic E-state index is 0.0514. The van der Waals surface area contributed by atoms with E-state index in [1.807, 2.05) is 0 Å². The number of carboxylic acid groups (broad SMARTS) is 1. The molecule has 3 aromatic carbocycles. The number of pyridine rings is 1. The van der Waals surface area contributed by atoms with E-state index in [0.29, 0.717) is 17.0 Å². The van der Waals surface area contributed by atoms with Crippen molar-refractivity contribution in [3.05, 3.63) is 90.0 Å². The molecular weight excluding hydrogens is 430 g/mol. The van der Waals surface area contributed by atoms with Crippen LogP contribution in [0.2, 0.25) is 0 Å². The van der Waals surface area contributed by atoms with Gasteiger partial charge >= 0.3 is 6.09 Å². The lowest BCUT2D eigenvalue weighted by molar-refractivity contribution is 0.0772. The maximum atomic E-state index is 14.5. The Kier molecular flexibility index (Phi) is 5.61. The van der Waals surface area contributed by atoms with Crippen LogP contribution >= 0.6 is 0 Å². The Labute approximate surface area is 187 Å². The summed E-state index contributed by atoms with van der Waals surface area (Å²) in [5, 5.41) is 11.8. The van der Waals surface area contributed by atoms with Crippen molar-refractivity contribution in [2.75, 3.05) is 17.8 Å². The first-order chi connectivity index (χ1) is 15.8. The van der Waals surface area contributed by atoms with Gasteiger partial charge in [-0.25, -0.2) is 23.6 Å². The van der Waals surface area contributed by atoms with Crippen molar-refractivity contribution in [1.82, 2.24) is 9.99 Å². The van der Waals surface area contributed by atoms with E-state index in [0.717, 1.165) is 16.1 Å². The number of halogens is 2. The maximum Gasteiger partial charge on any atom is 0.431 e. The predicted molar refractivity (Wildman–Crippen MR) is 121 cm³/mol. The maximum absolute atomic E-state index is 14.5. The molecule has 7 nitrogen and oxygen atoms in total. The van der Waals surface area contributed by atoms with Gasteiger partial charge in [0.1, 0.15) is 11.6 Å². The standard InChI is InChI=1S/C24H18F2N4O3/c1-29(30(24(32)33)15-7-3-2-4-8-15)23(31)20-17-9-5-6-10-19(17)28-22(21(20)27)16-12-11-14(25)13-18(16)26/h2-13H,27H2,1H3,(H,32,33). The Morgan fingerprint density at radius 1 is 0.970 bits per heavy atom. The molecule has 9 heteroatoms. The lowest BCUT2D eigenvalue weighted by Gasteiger charge is -2.30. The number of hydrogen-bond donors (Lipinski definition) is 2. The van der Waals surface area contributed by atoms with E-state index in [2.05, 4.69) is 4.98 Å². The highest BCUT2D eigenvalue weighted by atomic mass is 19.1. The second kappa shape index (κ2) is 8.54. The van der Waals surface area contributed by atoms with E-state index < -0.39 is 23.6 Å². The second-order valence-electron chi connectivity index (χ2n) is 7.15. The summed E-state index contributed by atoms with van der Waals surface area (Å²) < 4.78 is 28.0. The number of nitrogens with two attached hydrogens (primary N) is 1. The number of anilines is 2. The van der Waals surface area contributed by atoms with Crippen LogP contribution in [0.1, 0.15) is 10.4 Å². The van der Waals surface area contributed by atoms with Crippen LogP contribution in [0.25, 0.3) is 22.2 Å². The number of rotatable bonds is 3. The monoisotopic (exact) mass is 448 g/mol. The van der Waals surface area contributed by atoms with Gasteiger partial charge in [0.05, 0.1) is 28.1 Å². The zero-order chi connectivity index (χ0) is 23.7. The molecule has 4 rings (SSSR count). The van der Waals surface area contributed by atoms with Crippen LogP contribution in [0.3, 0.4) is 0 Å². The van der Waals surface area contributed by atoms with Crippen molar-refractivity contribution in [3.8, 4) is 11.3 Å². The summed E-state index contributed by atoms with van der Waals surface area (Å²) >= 11 is 0. The van der Waals surface area contributed by atoms with Crippen LogP contribution < -0.4 is 10.7 Å². The first-order valence-corrected chi connectivity index (χ1v) is 9.79. The zero-order valence-corrected chi connectivity index (χ0v) is 17.4. The fourth-order valence-electron chi connectivity index (χ4n) is 3.58. The molecule has 33 heavy (non-hydrogen) atoms. The number of fused-ring (bicyclic) bond motifs is 1. The fraction of sp³-hybridized carbons (Fsp3) is 0.0417. The van der Waals surface area contributed by atoms with E-state index in [9.17, 15) is 23.5 Å². The largest absolute Gasteiger partial charge is 0.463 e. The highest BCUT2D eigenvalue weighted by Gasteiger charge is 2.29. The Morgan fingerprint density at radius 2 is 1.64 bits per heavy atom. The molecule has 0 bridgehead atoms. The van der Waals surface area contributed by atoms with Crippen molar-refractivity contribution in [2.24, 2.45) is 0 Å². The van der Waals surface area contributed by atoms with Crippen molar-refractivity contribution in [1.29, 1.82) is 0 Å². The highest BCUT2D eigenvalue weighted by molar-refractivity contribution is 6.14. The van der Waals surface area contributed by atoms with E-state index in [-0.39, 0.29) is 28.2 Å². The molecule has 0 unspecified atom stereocenters. The number of hydrazine groups is 1. The Balaban J connectivity index is 1.92. The molecule has 0 atom stereocenters. The summed E-state index contributed by atoms with van der Waals surface area (Å²) in [5.41, 5.74) is 6.53. The van der Waals surface area contributed by atoms with Crippen LogP contribution in [-0.2, 0) is 0 Å². The Bertz CT molecular complexity index is 1380. The topological polar surface area (TPSA) is 99.8 Å². The van der Waals surface area contributed by atoms with Gasteiger partial charge < -0.3 is 10.8 Å². The van der Waals surface area contributed by atoms with Crippen molar-refractivity contribution in [2.45, 2.75) is 0 Å². The van der Waals surface area contributed by atoms with Crippen molar-refractivity contribution in [3.63, 3.8) is 0 Å². The number of aromatic nitrogens is 1. The summed E-state index contributed by atoms with van der Waals surface area (Å²) in [4.78, 5) is 30.0. The normalized spacial score (nSPS) is 10.8. The molecule has 3 N–H and O–H groups in total. The number of hydrogen-bond acceptors (Lipinski definition) is 4. The number of nitrogens with zero attached hydrogens (tertiary/aromatic N) is 3. The molecule has 166 valence electrons. The minimum Gasteiger partial charge on any atom is -0.463 e. The van der Waals surface area contributed by atoms with Gasteiger partial charge in [-0.3, -0.25) is 4.79 Å². The zero-order valence-electron chi connectivity index (χ0n) is 17.4. The van der Waals surface area contributed by atoms with E-state index in [1.165, 1.54) is 25.2 Å². The van der Waals surface area contributed by atoms with Crippen LogP contribution in [0.5, 0.6) is 0 Å². The molecule has 0 saturated carbocycles. The van der Waals surface area contributed by atoms with Crippen molar-refractivity contribution < 1.29 is 23.5 Å². The molecule has 0 aliphatic heterocycles. The van der Waals surface area contributed by atoms with Crippen LogP contribution in [0, 0.1) is 11.6 Å². The molecule has 0 aliphatic rings. The minimum atomic E-state index is -1.39. The fourth-order valence-corrected chi connectivity index (χ4v) is 3.58. The van der Waals surface area contributed by atoms with Crippen LogP contribution in [-0.4, -0.2) is 34.1 Å². The van der Waals surface area contributed by atoms with Gasteiger partial charge in [-0.05, 0) is 30.3 Å². The van der Waals surface area contributed by atoms with E-state index in [1.54, 1.807) is 42.5 Å². The molecule has 4 aromatic rings. The van der Waals surface area contributed by atoms with Gasteiger partial charge in [-0.2, -0.15) is 5.01 Å². The molecule has 2 amide bonds. The molecule has 0 fully saturated rings. The number of carbonyl (C=O) groups excluding carboxylic acids is 1. The predicted octanol–water partition coefficient (Wildman–Crippen LogP) is 4.93.